The largest absolute Gasteiger partial charge is 0.486 e. The van der Waals surface area contributed by atoms with E-state index < -0.39 is 5.60 Å². The summed E-state index contributed by atoms with van der Waals surface area (Å²) in [4.78, 5) is 0. The predicted octanol–water partition coefficient (Wildman–Crippen LogP) is 6.03. The van der Waals surface area contributed by atoms with E-state index in [2.05, 4.69) is 17.5 Å². The number of ether oxygens (including phenoxy) is 3. The number of benzene rings is 3. The predicted molar refractivity (Wildman–Crippen MR) is 140 cm³/mol. The van der Waals surface area contributed by atoms with Gasteiger partial charge in [0.2, 0.25) is 0 Å². The summed E-state index contributed by atoms with van der Waals surface area (Å²) < 4.78 is 32.7. The van der Waals surface area contributed by atoms with Crippen molar-refractivity contribution in [3.8, 4) is 17.6 Å². The number of fused-ring (bicyclic) bond motifs is 2. The minimum Gasteiger partial charge on any atom is -0.486 e. The van der Waals surface area contributed by atoms with E-state index in [1.165, 1.54) is 11.6 Å². The second kappa shape index (κ2) is 11.8. The van der Waals surface area contributed by atoms with Gasteiger partial charge in [0.05, 0.1) is 18.2 Å². The molecule has 2 aliphatic rings. The Balaban J connectivity index is 1.10. The first-order valence-corrected chi connectivity index (χ1v) is 13.2. The first kappa shape index (κ1) is 25.3. The van der Waals surface area contributed by atoms with E-state index in [1.807, 2.05) is 36.4 Å². The maximum absolute atomic E-state index is 14.9. The Labute approximate surface area is 218 Å². The number of rotatable bonds is 11. The van der Waals surface area contributed by atoms with E-state index in [0.29, 0.717) is 37.4 Å². The number of nitrogens with zero attached hydrogens (tertiary/aromatic N) is 1. The lowest BCUT2D eigenvalue weighted by Crippen LogP contribution is -2.30. The van der Waals surface area contributed by atoms with Crippen molar-refractivity contribution in [2.75, 3.05) is 26.3 Å². The zero-order chi connectivity index (χ0) is 25.5. The summed E-state index contributed by atoms with van der Waals surface area (Å²) in [6.45, 7) is 3.40. The minimum absolute atomic E-state index is 0.260. The maximum Gasteiger partial charge on any atom is 0.164 e. The van der Waals surface area contributed by atoms with Crippen molar-refractivity contribution >= 4 is 0 Å². The molecule has 3 aromatic rings. The number of hydrogen-bond donors (Lipinski definition) is 1. The van der Waals surface area contributed by atoms with E-state index in [-0.39, 0.29) is 5.82 Å². The number of para-hydroxylation sites is 1. The van der Waals surface area contributed by atoms with Crippen LogP contribution in [0.1, 0.15) is 59.9 Å². The zero-order valence-corrected chi connectivity index (χ0v) is 21.1. The van der Waals surface area contributed by atoms with E-state index in [1.54, 1.807) is 12.1 Å². The van der Waals surface area contributed by atoms with Gasteiger partial charge in [0.1, 0.15) is 24.6 Å². The molecule has 5 nitrogen and oxygen atoms in total. The topological polar surface area (TPSA) is 63.5 Å². The molecule has 0 aromatic heterocycles. The molecule has 5 rings (SSSR count). The van der Waals surface area contributed by atoms with E-state index in [9.17, 15) is 9.65 Å². The standard InChI is InChI=1S/C31H33FN2O3/c32-28-11-4-3-10-27(28)31(26-14-13-23(21-33)20-25(26)22-37-31)15-7-17-34-16-5-1-2-8-24-9-6-12-29-30(24)36-19-18-35-29/h3-4,6,9-14,20,34H,1-2,5,7-8,15-19,22H2. The van der Waals surface area contributed by atoms with Crippen molar-refractivity contribution in [2.24, 2.45) is 0 Å². The van der Waals surface area contributed by atoms with Crippen LogP contribution in [0.15, 0.2) is 60.7 Å². The molecular formula is C31H33FN2O3. The Morgan fingerprint density at radius 1 is 0.892 bits per heavy atom. The Bertz CT molecular complexity index is 1270. The third-order valence-electron chi connectivity index (χ3n) is 7.28. The van der Waals surface area contributed by atoms with Gasteiger partial charge in [0.25, 0.3) is 0 Å². The van der Waals surface area contributed by atoms with Crippen molar-refractivity contribution in [3.05, 3.63) is 94.3 Å². The molecule has 0 fully saturated rings. The fraction of sp³-hybridized carbons (Fsp3) is 0.387. The van der Waals surface area contributed by atoms with Gasteiger partial charge in [-0.1, -0.05) is 42.8 Å². The first-order valence-electron chi connectivity index (χ1n) is 13.2. The molecule has 0 aliphatic carbocycles. The second-order valence-corrected chi connectivity index (χ2v) is 9.68. The van der Waals surface area contributed by atoms with Crippen LogP contribution in [0.2, 0.25) is 0 Å². The molecule has 2 heterocycles. The van der Waals surface area contributed by atoms with Crippen molar-refractivity contribution in [1.82, 2.24) is 5.32 Å². The van der Waals surface area contributed by atoms with Gasteiger partial charge in [-0.05, 0) is 86.1 Å². The lowest BCUT2D eigenvalue weighted by molar-refractivity contribution is -0.0153. The number of unbranched alkanes of at least 4 members (excludes halogenated alkanes) is 2. The Morgan fingerprint density at radius 3 is 2.65 bits per heavy atom. The Kier molecular flexibility index (Phi) is 8.03. The summed E-state index contributed by atoms with van der Waals surface area (Å²) >= 11 is 0. The Morgan fingerprint density at radius 2 is 1.76 bits per heavy atom. The number of halogens is 1. The minimum atomic E-state index is -0.822. The number of hydrogen-bond acceptors (Lipinski definition) is 5. The monoisotopic (exact) mass is 500 g/mol. The molecule has 1 unspecified atom stereocenters. The number of nitrogens with one attached hydrogen (secondary N) is 1. The van der Waals surface area contributed by atoms with Gasteiger partial charge in [-0.2, -0.15) is 5.26 Å². The van der Waals surface area contributed by atoms with Crippen molar-refractivity contribution < 1.29 is 18.6 Å². The van der Waals surface area contributed by atoms with Crippen LogP contribution >= 0.6 is 0 Å². The van der Waals surface area contributed by atoms with Gasteiger partial charge in [-0.25, -0.2) is 4.39 Å². The lowest BCUT2D eigenvalue weighted by atomic mass is 9.81. The number of aryl methyl sites for hydroxylation is 1. The average molecular weight is 501 g/mol. The molecule has 6 heteroatoms. The van der Waals surface area contributed by atoms with Gasteiger partial charge in [-0.15, -0.1) is 0 Å². The fourth-order valence-electron chi connectivity index (χ4n) is 5.47. The van der Waals surface area contributed by atoms with Gasteiger partial charge in [-0.3, -0.25) is 0 Å². The maximum atomic E-state index is 14.9. The fourth-order valence-corrected chi connectivity index (χ4v) is 5.47. The molecule has 0 radical (unpaired) electrons. The van der Waals surface area contributed by atoms with Crippen LogP contribution < -0.4 is 14.8 Å². The molecule has 3 aromatic carbocycles. The molecule has 0 bridgehead atoms. The molecule has 37 heavy (non-hydrogen) atoms. The summed E-state index contributed by atoms with van der Waals surface area (Å²) in [5.41, 5.74) is 3.50. The van der Waals surface area contributed by atoms with E-state index in [4.69, 9.17) is 14.2 Å². The molecule has 0 spiro atoms. The average Bonchev–Trinajstić information content (AvgIpc) is 3.31. The smallest absolute Gasteiger partial charge is 0.164 e. The molecule has 192 valence electrons. The quantitative estimate of drug-likeness (QED) is 0.326. The van der Waals surface area contributed by atoms with Crippen LogP contribution in [0.4, 0.5) is 4.39 Å². The van der Waals surface area contributed by atoms with Gasteiger partial charge in [0, 0.05) is 5.56 Å². The lowest BCUT2D eigenvalue weighted by Gasteiger charge is -2.31. The van der Waals surface area contributed by atoms with Crippen LogP contribution in [-0.2, 0) is 23.4 Å². The highest BCUT2D eigenvalue weighted by molar-refractivity contribution is 5.49. The highest BCUT2D eigenvalue weighted by Crippen LogP contribution is 2.46. The van der Waals surface area contributed by atoms with Gasteiger partial charge < -0.3 is 19.5 Å². The summed E-state index contributed by atoms with van der Waals surface area (Å²) in [5.74, 6) is 1.51. The summed E-state index contributed by atoms with van der Waals surface area (Å²) in [7, 11) is 0. The van der Waals surface area contributed by atoms with Crippen molar-refractivity contribution in [3.63, 3.8) is 0 Å². The van der Waals surface area contributed by atoms with Crippen LogP contribution in [0.5, 0.6) is 11.5 Å². The molecule has 2 aliphatic heterocycles. The first-order chi connectivity index (χ1) is 18.2. The van der Waals surface area contributed by atoms with Crippen LogP contribution in [-0.4, -0.2) is 26.3 Å². The third kappa shape index (κ3) is 5.49. The molecular weight excluding hydrogens is 467 g/mol. The third-order valence-corrected chi connectivity index (χ3v) is 7.28. The van der Waals surface area contributed by atoms with E-state index >= 15 is 0 Å². The van der Waals surface area contributed by atoms with Crippen LogP contribution in [0, 0.1) is 17.1 Å². The molecule has 0 saturated carbocycles. The van der Waals surface area contributed by atoms with E-state index in [0.717, 1.165) is 67.8 Å². The molecule has 0 amide bonds. The Hall–Kier alpha value is -3.40. The van der Waals surface area contributed by atoms with Crippen molar-refractivity contribution in [2.45, 2.75) is 50.7 Å². The summed E-state index contributed by atoms with van der Waals surface area (Å²) in [5, 5.41) is 12.8. The molecule has 1 N–H and O–H groups in total. The molecule has 1 atom stereocenters. The van der Waals surface area contributed by atoms with Gasteiger partial charge in [0.15, 0.2) is 11.5 Å². The van der Waals surface area contributed by atoms with Gasteiger partial charge >= 0.3 is 0 Å². The summed E-state index contributed by atoms with van der Waals surface area (Å²) in [6.07, 6.45) is 5.84. The van der Waals surface area contributed by atoms with Crippen molar-refractivity contribution in [1.29, 1.82) is 5.26 Å². The number of nitriles is 1. The SMILES string of the molecule is N#Cc1ccc2c(c1)COC2(CCCNCCCCCc1cccc2c1OCCO2)c1ccccc1F. The highest BCUT2D eigenvalue weighted by Gasteiger charge is 2.43. The zero-order valence-electron chi connectivity index (χ0n) is 21.1. The van der Waals surface area contributed by atoms with Crippen LogP contribution in [0.3, 0.4) is 0 Å². The highest BCUT2D eigenvalue weighted by atomic mass is 19.1. The summed E-state index contributed by atoms with van der Waals surface area (Å²) in [6, 6.07) is 20.8. The normalized spacial score (nSPS) is 17.8. The molecule has 0 saturated heterocycles. The van der Waals surface area contributed by atoms with Crippen LogP contribution in [0.25, 0.3) is 0 Å². The second-order valence-electron chi connectivity index (χ2n) is 9.68.